The van der Waals surface area contributed by atoms with E-state index in [4.69, 9.17) is 0 Å². The first-order valence-electron chi connectivity index (χ1n) is 7.23. The summed E-state index contributed by atoms with van der Waals surface area (Å²) in [5, 5.41) is 14.3. The molecule has 1 aromatic rings. The molecule has 1 N–H and O–H groups in total. The zero-order chi connectivity index (χ0) is 14.8. The normalized spacial score (nSPS) is 21.2. The SMILES string of the molecule is O=[N+]([O-])c1ccc(F)cc1CN1CC(N2CCNCC2)C1. The minimum absolute atomic E-state index is 0.00187. The van der Waals surface area contributed by atoms with Crippen LogP contribution in [0.25, 0.3) is 0 Å². The molecule has 0 atom stereocenters. The van der Waals surface area contributed by atoms with E-state index in [1.54, 1.807) is 0 Å². The second kappa shape index (κ2) is 6.05. The van der Waals surface area contributed by atoms with Crippen molar-refractivity contribution in [2.24, 2.45) is 0 Å². The van der Waals surface area contributed by atoms with Crippen molar-refractivity contribution < 1.29 is 9.31 Å². The van der Waals surface area contributed by atoms with Gasteiger partial charge in [-0.1, -0.05) is 0 Å². The Balaban J connectivity index is 1.59. The Labute approximate surface area is 122 Å². The standard InChI is InChI=1S/C14H19FN4O2/c15-12-1-2-14(19(20)21)11(7-12)8-17-9-13(10-17)18-5-3-16-4-6-18/h1-2,7,13,16H,3-6,8-10H2. The average Bonchev–Trinajstić information content (AvgIpc) is 2.43. The molecule has 0 radical (unpaired) electrons. The highest BCUT2D eigenvalue weighted by Gasteiger charge is 2.33. The van der Waals surface area contributed by atoms with Crippen molar-refractivity contribution in [3.8, 4) is 0 Å². The Morgan fingerprint density at radius 3 is 2.71 bits per heavy atom. The molecule has 0 aliphatic carbocycles. The summed E-state index contributed by atoms with van der Waals surface area (Å²) in [6.45, 7) is 6.38. The third kappa shape index (κ3) is 3.20. The number of hydrogen-bond donors (Lipinski definition) is 1. The molecule has 3 rings (SSSR count). The smallest absolute Gasteiger partial charge is 0.274 e. The molecule has 2 fully saturated rings. The van der Waals surface area contributed by atoms with Gasteiger partial charge in [-0.3, -0.25) is 19.9 Å². The van der Waals surface area contributed by atoms with Crippen molar-refractivity contribution in [1.29, 1.82) is 0 Å². The van der Waals surface area contributed by atoms with E-state index in [2.05, 4.69) is 15.1 Å². The van der Waals surface area contributed by atoms with Crippen molar-refractivity contribution in [1.82, 2.24) is 15.1 Å². The second-order valence-electron chi connectivity index (χ2n) is 5.66. The molecule has 2 heterocycles. The molecule has 0 aromatic heterocycles. The third-order valence-electron chi connectivity index (χ3n) is 4.24. The van der Waals surface area contributed by atoms with E-state index in [9.17, 15) is 14.5 Å². The second-order valence-corrected chi connectivity index (χ2v) is 5.66. The van der Waals surface area contributed by atoms with Crippen LogP contribution in [0.3, 0.4) is 0 Å². The summed E-state index contributed by atoms with van der Waals surface area (Å²) in [6, 6.07) is 4.19. The molecule has 21 heavy (non-hydrogen) atoms. The minimum Gasteiger partial charge on any atom is -0.314 e. The van der Waals surface area contributed by atoms with Gasteiger partial charge in [0.1, 0.15) is 5.82 Å². The maximum absolute atomic E-state index is 13.3. The molecule has 0 bridgehead atoms. The van der Waals surface area contributed by atoms with E-state index >= 15 is 0 Å². The molecule has 0 saturated carbocycles. The van der Waals surface area contributed by atoms with Gasteiger partial charge < -0.3 is 5.32 Å². The van der Waals surface area contributed by atoms with Crippen LogP contribution in [0, 0.1) is 15.9 Å². The molecule has 6 nitrogen and oxygen atoms in total. The molecular weight excluding hydrogens is 275 g/mol. The highest BCUT2D eigenvalue weighted by Crippen LogP contribution is 2.24. The first-order chi connectivity index (χ1) is 10.1. The van der Waals surface area contributed by atoms with Gasteiger partial charge in [0, 0.05) is 63.5 Å². The summed E-state index contributed by atoms with van der Waals surface area (Å²) in [4.78, 5) is 15.1. The molecule has 0 amide bonds. The van der Waals surface area contributed by atoms with Gasteiger partial charge in [0.25, 0.3) is 5.69 Å². The molecule has 0 spiro atoms. The lowest BCUT2D eigenvalue weighted by Crippen LogP contribution is -2.62. The fraction of sp³-hybridized carbons (Fsp3) is 0.571. The summed E-state index contributed by atoms with van der Waals surface area (Å²) >= 11 is 0. The Morgan fingerprint density at radius 2 is 2.05 bits per heavy atom. The highest BCUT2D eigenvalue weighted by molar-refractivity contribution is 5.40. The topological polar surface area (TPSA) is 61.7 Å². The summed E-state index contributed by atoms with van der Waals surface area (Å²) in [5.74, 6) is -0.422. The summed E-state index contributed by atoms with van der Waals surface area (Å²) < 4.78 is 13.3. The number of rotatable bonds is 4. The minimum atomic E-state index is -0.442. The van der Waals surface area contributed by atoms with Crippen LogP contribution in [0.4, 0.5) is 10.1 Å². The lowest BCUT2D eigenvalue weighted by atomic mass is 10.0. The van der Waals surface area contributed by atoms with Crippen molar-refractivity contribution >= 4 is 5.69 Å². The van der Waals surface area contributed by atoms with E-state index in [1.165, 1.54) is 12.1 Å². The maximum Gasteiger partial charge on any atom is 0.274 e. The number of nitro groups is 1. The van der Waals surface area contributed by atoms with Crippen LogP contribution in [0.2, 0.25) is 0 Å². The molecule has 0 unspecified atom stereocenters. The average molecular weight is 294 g/mol. The predicted molar refractivity (Wildman–Crippen MR) is 76.6 cm³/mol. The monoisotopic (exact) mass is 294 g/mol. The fourth-order valence-electron chi connectivity index (χ4n) is 3.05. The number of nitrogens with one attached hydrogen (secondary N) is 1. The Hall–Kier alpha value is -1.57. The third-order valence-corrected chi connectivity index (χ3v) is 4.24. The number of nitrogens with zero attached hydrogens (tertiary/aromatic N) is 3. The predicted octanol–water partition coefficient (Wildman–Crippen LogP) is 0.823. The number of nitro benzene ring substituents is 1. The van der Waals surface area contributed by atoms with Crippen LogP contribution in [-0.2, 0) is 6.54 Å². The number of piperazine rings is 1. The molecule has 114 valence electrons. The summed E-state index contributed by atoms with van der Waals surface area (Å²) in [7, 11) is 0. The van der Waals surface area contributed by atoms with E-state index in [-0.39, 0.29) is 5.69 Å². The highest BCUT2D eigenvalue weighted by atomic mass is 19.1. The van der Waals surface area contributed by atoms with Gasteiger partial charge in [-0.05, 0) is 12.1 Å². The number of benzene rings is 1. The van der Waals surface area contributed by atoms with Crippen molar-refractivity contribution in [3.05, 3.63) is 39.7 Å². The van der Waals surface area contributed by atoms with Crippen LogP contribution in [-0.4, -0.2) is 60.0 Å². The Bertz CT molecular complexity index is 528. The van der Waals surface area contributed by atoms with Crippen LogP contribution < -0.4 is 5.32 Å². The summed E-state index contributed by atoms with van der Waals surface area (Å²) in [6.07, 6.45) is 0. The molecule has 1 aromatic carbocycles. The largest absolute Gasteiger partial charge is 0.314 e. The Kier molecular flexibility index (Phi) is 4.14. The first kappa shape index (κ1) is 14.4. The molecule has 2 saturated heterocycles. The van der Waals surface area contributed by atoms with Crippen molar-refractivity contribution in [3.63, 3.8) is 0 Å². The number of likely N-dealkylation sites (tertiary alicyclic amines) is 1. The van der Waals surface area contributed by atoms with Gasteiger partial charge in [0.05, 0.1) is 4.92 Å². The van der Waals surface area contributed by atoms with Gasteiger partial charge in [-0.15, -0.1) is 0 Å². The molecule has 2 aliphatic rings. The molecule has 2 aliphatic heterocycles. The van der Waals surface area contributed by atoms with E-state index < -0.39 is 10.7 Å². The van der Waals surface area contributed by atoms with Crippen molar-refractivity contribution in [2.75, 3.05) is 39.3 Å². The van der Waals surface area contributed by atoms with Gasteiger partial charge >= 0.3 is 0 Å². The Morgan fingerprint density at radius 1 is 1.33 bits per heavy atom. The fourth-order valence-corrected chi connectivity index (χ4v) is 3.05. The molecule has 7 heteroatoms. The quantitative estimate of drug-likeness (QED) is 0.658. The van der Waals surface area contributed by atoms with Crippen LogP contribution in [0.1, 0.15) is 5.56 Å². The van der Waals surface area contributed by atoms with Crippen molar-refractivity contribution in [2.45, 2.75) is 12.6 Å². The molecular formula is C14H19FN4O2. The van der Waals surface area contributed by atoms with Gasteiger partial charge in [0.2, 0.25) is 0 Å². The van der Waals surface area contributed by atoms with Gasteiger partial charge in [-0.25, -0.2) is 4.39 Å². The van der Waals surface area contributed by atoms with Crippen LogP contribution in [0.15, 0.2) is 18.2 Å². The summed E-state index contributed by atoms with van der Waals surface area (Å²) in [5.41, 5.74) is 0.459. The zero-order valence-corrected chi connectivity index (χ0v) is 11.8. The maximum atomic E-state index is 13.3. The lowest BCUT2D eigenvalue weighted by molar-refractivity contribution is -0.385. The number of halogens is 1. The number of hydrogen-bond acceptors (Lipinski definition) is 5. The van der Waals surface area contributed by atoms with Gasteiger partial charge in [0.15, 0.2) is 0 Å². The zero-order valence-electron chi connectivity index (χ0n) is 11.8. The van der Waals surface area contributed by atoms with E-state index in [0.717, 1.165) is 45.3 Å². The lowest BCUT2D eigenvalue weighted by Gasteiger charge is -2.46. The van der Waals surface area contributed by atoms with E-state index in [0.29, 0.717) is 18.2 Å². The van der Waals surface area contributed by atoms with Crippen LogP contribution in [0.5, 0.6) is 0 Å². The van der Waals surface area contributed by atoms with Gasteiger partial charge in [-0.2, -0.15) is 0 Å². The first-order valence-corrected chi connectivity index (χ1v) is 7.23. The van der Waals surface area contributed by atoms with E-state index in [1.807, 2.05) is 0 Å². The van der Waals surface area contributed by atoms with Crippen LogP contribution >= 0.6 is 0 Å².